The molecule has 2 atom stereocenters. The number of pyridine rings is 1. The summed E-state index contributed by atoms with van der Waals surface area (Å²) in [4.78, 5) is 19.4. The number of thiazole rings is 1. The minimum Gasteiger partial charge on any atom is -0.474 e. The van der Waals surface area contributed by atoms with E-state index in [0.29, 0.717) is 23.2 Å². The number of amides is 2. The number of halogens is 2. The van der Waals surface area contributed by atoms with Gasteiger partial charge in [0, 0.05) is 12.5 Å². The molecular formula is C20H26F2N4O4S. The van der Waals surface area contributed by atoms with Crippen molar-refractivity contribution in [3.8, 4) is 11.1 Å². The van der Waals surface area contributed by atoms with Gasteiger partial charge in [-0.2, -0.15) is 0 Å². The molecule has 170 valence electrons. The summed E-state index contributed by atoms with van der Waals surface area (Å²) in [7, 11) is 0. The number of ether oxygens (including phenoxy) is 3. The van der Waals surface area contributed by atoms with Crippen LogP contribution in [0.3, 0.4) is 0 Å². The molecule has 2 aromatic heterocycles. The predicted octanol–water partition coefficient (Wildman–Crippen LogP) is 3.49. The fraction of sp³-hybridized carbons (Fsp3) is 0.650. The zero-order valence-corrected chi connectivity index (χ0v) is 18.0. The van der Waals surface area contributed by atoms with Crippen LogP contribution < -0.4 is 20.5 Å². The summed E-state index contributed by atoms with van der Waals surface area (Å²) < 4.78 is 44.1. The van der Waals surface area contributed by atoms with Crippen LogP contribution in [-0.4, -0.2) is 53.4 Å². The molecule has 0 spiro atoms. The topological polar surface area (TPSA) is 109 Å². The molecule has 2 amide bonds. The van der Waals surface area contributed by atoms with Crippen LogP contribution in [0.4, 0.5) is 13.6 Å². The van der Waals surface area contributed by atoms with Crippen molar-refractivity contribution in [3.63, 3.8) is 0 Å². The number of nitrogens with two attached hydrogens (primary N) is 1. The van der Waals surface area contributed by atoms with E-state index in [-0.39, 0.29) is 31.3 Å². The highest BCUT2D eigenvalue weighted by Crippen LogP contribution is 2.48. The molecular weight excluding hydrogens is 430 g/mol. The Morgan fingerprint density at radius 3 is 2.74 bits per heavy atom. The number of aromatic nitrogens is 2. The van der Waals surface area contributed by atoms with Gasteiger partial charge in [0.1, 0.15) is 11.6 Å². The quantitative estimate of drug-likeness (QED) is 0.598. The molecule has 2 unspecified atom stereocenters. The Kier molecular flexibility index (Phi) is 6.42. The highest BCUT2D eigenvalue weighted by Gasteiger charge is 2.57. The number of fused-ring (bicyclic) bond motifs is 1. The van der Waals surface area contributed by atoms with Crippen molar-refractivity contribution in [1.29, 1.82) is 0 Å². The van der Waals surface area contributed by atoms with Gasteiger partial charge in [-0.25, -0.2) is 23.5 Å². The number of primary amides is 1. The van der Waals surface area contributed by atoms with Gasteiger partial charge in [0.2, 0.25) is 5.88 Å². The van der Waals surface area contributed by atoms with E-state index in [9.17, 15) is 13.6 Å². The standard InChI is InChI=1S/C20H26F2N4O4S/c1-11(25-18(23)27)9-28-13-2-4-14(5-3-13)30-17-6-16-15(8-24-17)26-19(31-16)29-10-12-7-20(12,21)22/h6,8,11-14H,2-5,7,9-10H2,1H3,(H3,23,25,27). The number of nitrogens with zero attached hydrogens (tertiary/aromatic N) is 2. The molecule has 0 radical (unpaired) electrons. The van der Waals surface area contributed by atoms with Crippen LogP contribution in [0.25, 0.3) is 10.2 Å². The second-order valence-electron chi connectivity index (χ2n) is 8.20. The first kappa shape index (κ1) is 21.9. The third-order valence-electron chi connectivity index (χ3n) is 5.47. The number of alkyl halides is 2. The zero-order chi connectivity index (χ0) is 22.0. The van der Waals surface area contributed by atoms with E-state index in [4.69, 9.17) is 19.9 Å². The zero-order valence-electron chi connectivity index (χ0n) is 17.2. The fourth-order valence-electron chi connectivity index (χ4n) is 3.59. The molecule has 0 bridgehead atoms. The monoisotopic (exact) mass is 456 g/mol. The van der Waals surface area contributed by atoms with Gasteiger partial charge in [-0.05, 0) is 32.6 Å². The third-order valence-corrected chi connectivity index (χ3v) is 6.40. The first-order valence-corrected chi connectivity index (χ1v) is 11.2. The van der Waals surface area contributed by atoms with Gasteiger partial charge in [0.25, 0.3) is 11.1 Å². The number of hydrogen-bond donors (Lipinski definition) is 2. The minimum atomic E-state index is -2.60. The van der Waals surface area contributed by atoms with E-state index in [1.807, 2.05) is 13.0 Å². The first-order valence-electron chi connectivity index (χ1n) is 10.4. The van der Waals surface area contributed by atoms with Crippen molar-refractivity contribution >= 4 is 27.6 Å². The number of rotatable bonds is 9. The molecule has 0 aliphatic heterocycles. The summed E-state index contributed by atoms with van der Waals surface area (Å²) >= 11 is 1.30. The molecule has 3 N–H and O–H groups in total. The summed E-state index contributed by atoms with van der Waals surface area (Å²) in [6, 6.07) is 1.13. The van der Waals surface area contributed by atoms with Crippen LogP contribution in [0.2, 0.25) is 0 Å². The summed E-state index contributed by atoms with van der Waals surface area (Å²) in [5, 5.41) is 2.96. The number of carbonyl (C=O) groups is 1. The molecule has 2 heterocycles. The maximum Gasteiger partial charge on any atom is 0.312 e. The van der Waals surface area contributed by atoms with Crippen molar-refractivity contribution in [2.24, 2.45) is 11.7 Å². The normalized spacial score (nSPS) is 25.7. The van der Waals surface area contributed by atoms with Crippen molar-refractivity contribution in [3.05, 3.63) is 12.3 Å². The highest BCUT2D eigenvalue weighted by molar-refractivity contribution is 7.20. The maximum atomic E-state index is 13.0. The largest absolute Gasteiger partial charge is 0.474 e. The summed E-state index contributed by atoms with van der Waals surface area (Å²) in [6.07, 6.45) is 5.08. The Labute approximate surface area is 182 Å². The molecule has 2 fully saturated rings. The average molecular weight is 457 g/mol. The number of urea groups is 1. The molecule has 0 saturated heterocycles. The summed E-state index contributed by atoms with van der Waals surface area (Å²) in [5.74, 6) is -2.79. The van der Waals surface area contributed by atoms with Gasteiger partial charge in [0.15, 0.2) is 0 Å². The van der Waals surface area contributed by atoms with E-state index in [0.717, 1.165) is 30.4 Å². The summed E-state index contributed by atoms with van der Waals surface area (Å²) in [5.41, 5.74) is 5.76. The lowest BCUT2D eigenvalue weighted by atomic mass is 9.95. The Balaban J connectivity index is 1.23. The Bertz CT molecular complexity index is 920. The van der Waals surface area contributed by atoms with Crippen LogP contribution in [0.1, 0.15) is 39.0 Å². The Hall–Kier alpha value is -2.27. The van der Waals surface area contributed by atoms with E-state index in [2.05, 4.69) is 15.3 Å². The molecule has 11 heteroatoms. The van der Waals surface area contributed by atoms with Crippen molar-refractivity contribution in [2.75, 3.05) is 13.2 Å². The van der Waals surface area contributed by atoms with Crippen molar-refractivity contribution in [1.82, 2.24) is 15.3 Å². The SMILES string of the molecule is CC(COC1CCC(Oc2cc3sc(OCC4CC4(F)F)nc3cn2)CC1)NC(N)=O. The van der Waals surface area contributed by atoms with Crippen molar-refractivity contribution in [2.45, 2.75) is 63.2 Å². The molecule has 0 aromatic carbocycles. The van der Waals surface area contributed by atoms with Gasteiger partial charge in [-0.1, -0.05) is 11.3 Å². The predicted molar refractivity (Wildman–Crippen MR) is 111 cm³/mol. The second kappa shape index (κ2) is 9.07. The van der Waals surface area contributed by atoms with E-state index in [1.165, 1.54) is 11.3 Å². The smallest absolute Gasteiger partial charge is 0.312 e. The fourth-order valence-corrected chi connectivity index (χ4v) is 4.42. The molecule has 8 nitrogen and oxygen atoms in total. The van der Waals surface area contributed by atoms with Gasteiger partial charge in [-0.15, -0.1) is 0 Å². The van der Waals surface area contributed by atoms with Crippen LogP contribution in [0, 0.1) is 5.92 Å². The molecule has 31 heavy (non-hydrogen) atoms. The minimum absolute atomic E-state index is 0.0215. The number of hydrogen-bond acceptors (Lipinski definition) is 7. The average Bonchev–Trinajstić information content (AvgIpc) is 3.13. The highest BCUT2D eigenvalue weighted by atomic mass is 32.1. The molecule has 2 saturated carbocycles. The van der Waals surface area contributed by atoms with E-state index in [1.54, 1.807) is 6.20 Å². The van der Waals surface area contributed by atoms with Crippen LogP contribution >= 0.6 is 11.3 Å². The lowest BCUT2D eigenvalue weighted by Crippen LogP contribution is -2.40. The summed E-state index contributed by atoms with van der Waals surface area (Å²) in [6.45, 7) is 2.25. The first-order chi connectivity index (χ1) is 14.8. The van der Waals surface area contributed by atoms with Gasteiger partial charge in [0.05, 0.1) is 42.2 Å². The lowest BCUT2D eigenvalue weighted by molar-refractivity contribution is -0.00426. The van der Waals surface area contributed by atoms with Crippen LogP contribution in [0.5, 0.6) is 11.1 Å². The van der Waals surface area contributed by atoms with E-state index >= 15 is 0 Å². The van der Waals surface area contributed by atoms with Gasteiger partial charge >= 0.3 is 6.03 Å². The van der Waals surface area contributed by atoms with Crippen LogP contribution in [-0.2, 0) is 4.74 Å². The number of carbonyl (C=O) groups excluding carboxylic acids is 1. The number of nitrogens with one attached hydrogen (secondary N) is 1. The molecule has 2 aromatic rings. The van der Waals surface area contributed by atoms with Crippen molar-refractivity contribution < 1.29 is 27.8 Å². The molecule has 4 rings (SSSR count). The Morgan fingerprint density at radius 2 is 2.06 bits per heavy atom. The lowest BCUT2D eigenvalue weighted by Gasteiger charge is -2.29. The molecule has 2 aliphatic rings. The van der Waals surface area contributed by atoms with Gasteiger partial charge < -0.3 is 25.3 Å². The second-order valence-corrected chi connectivity index (χ2v) is 9.20. The maximum absolute atomic E-state index is 13.0. The van der Waals surface area contributed by atoms with Gasteiger partial charge in [-0.3, -0.25) is 0 Å². The third kappa shape index (κ3) is 5.91. The Morgan fingerprint density at radius 1 is 1.35 bits per heavy atom. The van der Waals surface area contributed by atoms with Crippen LogP contribution in [0.15, 0.2) is 12.3 Å². The van der Waals surface area contributed by atoms with E-state index < -0.39 is 17.9 Å². The molecule has 2 aliphatic carbocycles.